The summed E-state index contributed by atoms with van der Waals surface area (Å²) in [6.45, 7) is 1.81. The van der Waals surface area contributed by atoms with Gasteiger partial charge in [0.15, 0.2) is 0 Å². The van der Waals surface area contributed by atoms with Gasteiger partial charge in [-0.3, -0.25) is 19.8 Å². The zero-order valence-electron chi connectivity index (χ0n) is 17.7. The number of anilines is 2. The van der Waals surface area contributed by atoms with Gasteiger partial charge in [-0.25, -0.2) is 9.07 Å². The lowest BCUT2D eigenvalue weighted by Gasteiger charge is -2.13. The molecular formula is C24H17BrClFN4O3. The SMILES string of the molecule is Cc1ccc(NC(=O)C(=O)Nn2c(C(=O)Nc3ccccc3F)cc3cc(Br)ccc32)cc1Cl. The van der Waals surface area contributed by atoms with Crippen LogP contribution in [0, 0.1) is 12.7 Å². The van der Waals surface area contributed by atoms with Gasteiger partial charge in [-0.1, -0.05) is 45.7 Å². The largest absolute Gasteiger partial charge is 0.328 e. The van der Waals surface area contributed by atoms with Crippen LogP contribution in [0.2, 0.25) is 5.02 Å². The number of fused-ring (bicyclic) bond motifs is 1. The van der Waals surface area contributed by atoms with Crippen molar-refractivity contribution in [1.82, 2.24) is 4.68 Å². The molecule has 0 saturated heterocycles. The number of hydrogen-bond donors (Lipinski definition) is 3. The van der Waals surface area contributed by atoms with Crippen molar-refractivity contribution < 1.29 is 18.8 Å². The van der Waals surface area contributed by atoms with Crippen LogP contribution in [0.1, 0.15) is 16.1 Å². The van der Waals surface area contributed by atoms with E-state index in [-0.39, 0.29) is 11.4 Å². The third-order valence-electron chi connectivity index (χ3n) is 4.97. The normalized spacial score (nSPS) is 10.7. The Morgan fingerprint density at radius 1 is 0.941 bits per heavy atom. The summed E-state index contributed by atoms with van der Waals surface area (Å²) in [7, 11) is 0. The first-order valence-corrected chi connectivity index (χ1v) is 11.2. The summed E-state index contributed by atoms with van der Waals surface area (Å²) in [5.41, 5.74) is 4.04. The van der Waals surface area contributed by atoms with Crippen LogP contribution in [-0.2, 0) is 9.59 Å². The Hall–Kier alpha value is -3.69. The molecule has 0 fully saturated rings. The molecule has 34 heavy (non-hydrogen) atoms. The molecule has 3 amide bonds. The fourth-order valence-electron chi connectivity index (χ4n) is 3.23. The number of rotatable bonds is 4. The van der Waals surface area contributed by atoms with Gasteiger partial charge in [0.1, 0.15) is 11.5 Å². The number of hydrogen-bond acceptors (Lipinski definition) is 3. The van der Waals surface area contributed by atoms with Crippen molar-refractivity contribution >= 4 is 67.5 Å². The Morgan fingerprint density at radius 3 is 2.44 bits per heavy atom. The summed E-state index contributed by atoms with van der Waals surface area (Å²) in [5.74, 6) is -3.26. The second-order valence-corrected chi connectivity index (χ2v) is 8.68. The first-order chi connectivity index (χ1) is 16.2. The van der Waals surface area contributed by atoms with Crippen molar-refractivity contribution in [3.05, 3.63) is 93.3 Å². The van der Waals surface area contributed by atoms with Gasteiger partial charge in [-0.05, 0) is 61.0 Å². The van der Waals surface area contributed by atoms with E-state index in [1.54, 1.807) is 36.4 Å². The zero-order chi connectivity index (χ0) is 24.4. The van der Waals surface area contributed by atoms with Crippen molar-refractivity contribution in [2.24, 2.45) is 0 Å². The van der Waals surface area contributed by atoms with Gasteiger partial charge in [0.05, 0.1) is 11.2 Å². The molecule has 3 aromatic carbocycles. The molecule has 7 nitrogen and oxygen atoms in total. The number of carbonyl (C=O) groups is 3. The summed E-state index contributed by atoms with van der Waals surface area (Å²) >= 11 is 9.44. The maximum Gasteiger partial charge on any atom is 0.328 e. The Balaban J connectivity index is 1.63. The number of para-hydroxylation sites is 1. The van der Waals surface area contributed by atoms with Gasteiger partial charge >= 0.3 is 11.8 Å². The second-order valence-electron chi connectivity index (χ2n) is 7.36. The molecule has 4 aromatic rings. The van der Waals surface area contributed by atoms with Crippen LogP contribution in [0.3, 0.4) is 0 Å². The van der Waals surface area contributed by atoms with Crippen LogP contribution in [0.5, 0.6) is 0 Å². The number of nitrogens with zero attached hydrogens (tertiary/aromatic N) is 1. The number of aromatic nitrogens is 1. The molecule has 0 aliphatic rings. The fourth-order valence-corrected chi connectivity index (χ4v) is 3.79. The lowest BCUT2D eigenvalue weighted by atomic mass is 10.2. The van der Waals surface area contributed by atoms with E-state index in [0.29, 0.717) is 21.6 Å². The van der Waals surface area contributed by atoms with Crippen molar-refractivity contribution in [3.63, 3.8) is 0 Å². The topological polar surface area (TPSA) is 92.2 Å². The molecule has 3 N–H and O–H groups in total. The van der Waals surface area contributed by atoms with E-state index in [9.17, 15) is 18.8 Å². The lowest BCUT2D eigenvalue weighted by Crippen LogP contribution is -2.36. The van der Waals surface area contributed by atoms with Crippen LogP contribution in [0.15, 0.2) is 71.2 Å². The molecule has 0 atom stereocenters. The van der Waals surface area contributed by atoms with E-state index in [2.05, 4.69) is 32.0 Å². The third-order valence-corrected chi connectivity index (χ3v) is 5.87. The van der Waals surface area contributed by atoms with E-state index in [0.717, 1.165) is 10.0 Å². The maximum atomic E-state index is 14.0. The van der Waals surface area contributed by atoms with Gasteiger partial charge in [0, 0.05) is 20.6 Å². The number of nitrogens with one attached hydrogen (secondary N) is 3. The average molecular weight is 544 g/mol. The highest BCUT2D eigenvalue weighted by molar-refractivity contribution is 9.10. The van der Waals surface area contributed by atoms with Crippen LogP contribution >= 0.6 is 27.5 Å². The number of halogens is 3. The average Bonchev–Trinajstić information content (AvgIpc) is 3.15. The predicted octanol–water partition coefficient (Wildman–Crippen LogP) is 5.47. The van der Waals surface area contributed by atoms with Crippen molar-refractivity contribution in [2.75, 3.05) is 16.1 Å². The summed E-state index contributed by atoms with van der Waals surface area (Å²) in [5, 5.41) is 6.00. The molecule has 0 unspecified atom stereocenters. The van der Waals surface area contributed by atoms with Crippen LogP contribution in [-0.4, -0.2) is 22.4 Å². The van der Waals surface area contributed by atoms with E-state index >= 15 is 0 Å². The minimum atomic E-state index is -1.02. The molecule has 10 heteroatoms. The minimum Gasteiger partial charge on any atom is -0.318 e. The summed E-state index contributed by atoms with van der Waals surface area (Å²) in [6.07, 6.45) is 0. The predicted molar refractivity (Wildman–Crippen MR) is 133 cm³/mol. The first-order valence-electron chi connectivity index (χ1n) is 9.98. The highest BCUT2D eigenvalue weighted by atomic mass is 79.9. The number of aryl methyl sites for hydroxylation is 1. The molecule has 0 aliphatic heterocycles. The van der Waals surface area contributed by atoms with E-state index in [1.807, 2.05) is 6.92 Å². The third kappa shape index (κ3) is 4.95. The quantitative estimate of drug-likeness (QED) is 0.298. The number of carbonyl (C=O) groups excluding carboxylic acids is 3. The smallest absolute Gasteiger partial charge is 0.318 e. The molecule has 0 radical (unpaired) electrons. The summed E-state index contributed by atoms with van der Waals surface area (Å²) < 4.78 is 16.0. The Labute approximate surface area is 207 Å². The van der Waals surface area contributed by atoms with Gasteiger partial charge < -0.3 is 10.6 Å². The first kappa shape index (κ1) is 23.5. The zero-order valence-corrected chi connectivity index (χ0v) is 20.0. The van der Waals surface area contributed by atoms with Crippen molar-refractivity contribution in [3.8, 4) is 0 Å². The van der Waals surface area contributed by atoms with E-state index < -0.39 is 23.5 Å². The molecule has 4 rings (SSSR count). The van der Waals surface area contributed by atoms with Gasteiger partial charge in [-0.15, -0.1) is 0 Å². The molecule has 172 valence electrons. The summed E-state index contributed by atoms with van der Waals surface area (Å²) in [6, 6.07) is 17.2. The highest BCUT2D eigenvalue weighted by Crippen LogP contribution is 2.25. The highest BCUT2D eigenvalue weighted by Gasteiger charge is 2.22. The standard InChI is InChI=1S/C24H17BrClFN4O3/c1-13-6-8-16(12-17(13)26)28-23(33)24(34)30-31-20-9-7-15(25)10-14(20)11-21(31)22(32)29-19-5-3-2-4-18(19)27/h2-12H,1H3,(H,28,33)(H,29,32)(H,30,34). The molecule has 0 spiro atoms. The molecule has 0 bridgehead atoms. The van der Waals surface area contributed by atoms with Crippen molar-refractivity contribution in [1.29, 1.82) is 0 Å². The molecular weight excluding hydrogens is 527 g/mol. The minimum absolute atomic E-state index is 0.00381. The fraction of sp³-hybridized carbons (Fsp3) is 0.0417. The second kappa shape index (κ2) is 9.66. The van der Waals surface area contributed by atoms with E-state index in [1.165, 1.54) is 35.0 Å². The van der Waals surface area contributed by atoms with E-state index in [4.69, 9.17) is 11.6 Å². The monoisotopic (exact) mass is 542 g/mol. The van der Waals surface area contributed by atoms with Gasteiger partial charge in [-0.2, -0.15) is 0 Å². The number of amides is 3. The molecule has 1 aromatic heterocycles. The van der Waals surface area contributed by atoms with Crippen molar-refractivity contribution in [2.45, 2.75) is 6.92 Å². The Kier molecular flexibility index (Phi) is 6.67. The lowest BCUT2D eigenvalue weighted by molar-refractivity contribution is -0.133. The molecule has 1 heterocycles. The molecule has 0 aliphatic carbocycles. The Morgan fingerprint density at radius 2 is 1.71 bits per heavy atom. The van der Waals surface area contributed by atoms with Crippen LogP contribution in [0.4, 0.5) is 15.8 Å². The van der Waals surface area contributed by atoms with Gasteiger partial charge in [0.2, 0.25) is 0 Å². The molecule has 0 saturated carbocycles. The number of benzene rings is 3. The van der Waals surface area contributed by atoms with Gasteiger partial charge in [0.25, 0.3) is 5.91 Å². The summed E-state index contributed by atoms with van der Waals surface area (Å²) in [4.78, 5) is 38.2. The van der Waals surface area contributed by atoms with Crippen LogP contribution < -0.4 is 16.1 Å². The maximum absolute atomic E-state index is 14.0. The Bertz CT molecular complexity index is 1450. The van der Waals surface area contributed by atoms with Crippen LogP contribution in [0.25, 0.3) is 10.9 Å².